The first-order valence-corrected chi connectivity index (χ1v) is 5.55. The molecule has 0 bridgehead atoms. The Labute approximate surface area is 99.8 Å². The molecule has 1 aliphatic heterocycles. The first-order valence-electron chi connectivity index (χ1n) is 5.12. The first kappa shape index (κ1) is 12.7. The van der Waals surface area contributed by atoms with E-state index in [4.69, 9.17) is 22.7 Å². The van der Waals surface area contributed by atoms with Gasteiger partial charge in [0, 0.05) is 19.4 Å². The number of guanidine groups is 1. The number of nitrogens with two attached hydrogens (primary N) is 1. The van der Waals surface area contributed by atoms with Crippen LogP contribution in [0.15, 0.2) is 9.98 Å². The summed E-state index contributed by atoms with van der Waals surface area (Å²) in [6, 6.07) is 2.06. The number of unbranched alkanes of at least 4 members (excludes halogenated alkanes) is 1. The summed E-state index contributed by atoms with van der Waals surface area (Å²) < 4.78 is 0. The standard InChI is InChI=1S/C9H15ClN6/c1-2-7-14-8(10)16(12)9(15-7)13-6-4-3-5-11/h8H,2-4,6,12H2,1H3,(H,13,14,15). The summed E-state index contributed by atoms with van der Waals surface area (Å²) in [5.41, 5.74) is -0.620. The molecule has 0 radical (unpaired) electrons. The molecule has 0 aromatic rings. The molecule has 1 rings (SSSR count). The van der Waals surface area contributed by atoms with Crippen molar-refractivity contribution in [3.63, 3.8) is 0 Å². The third-order valence-corrected chi connectivity index (χ3v) is 2.34. The molecule has 0 saturated carbocycles. The van der Waals surface area contributed by atoms with Crippen LogP contribution in [0.2, 0.25) is 0 Å². The fourth-order valence-corrected chi connectivity index (χ4v) is 1.37. The second-order valence-corrected chi connectivity index (χ2v) is 3.63. The highest BCUT2D eigenvalue weighted by Gasteiger charge is 2.22. The SMILES string of the molecule is CCC1=NC(Cl)N(N)C(=NCCCC#N)N1. The van der Waals surface area contributed by atoms with E-state index in [1.807, 2.05) is 6.92 Å². The molecule has 1 atom stereocenters. The van der Waals surface area contributed by atoms with Crippen LogP contribution in [0.4, 0.5) is 0 Å². The number of amidine groups is 1. The molecular formula is C9H15ClN6. The van der Waals surface area contributed by atoms with Crippen LogP contribution in [0, 0.1) is 11.3 Å². The number of alkyl halides is 1. The lowest BCUT2D eigenvalue weighted by molar-refractivity contribution is 0.393. The van der Waals surface area contributed by atoms with Gasteiger partial charge in [-0.3, -0.25) is 4.99 Å². The maximum Gasteiger partial charge on any atom is 0.216 e. The second kappa shape index (κ2) is 6.30. The molecule has 6 nitrogen and oxygen atoms in total. The van der Waals surface area contributed by atoms with Crippen LogP contribution in [0.1, 0.15) is 26.2 Å². The summed E-state index contributed by atoms with van der Waals surface area (Å²) in [7, 11) is 0. The highest BCUT2D eigenvalue weighted by molar-refractivity contribution is 6.23. The number of nitriles is 1. The van der Waals surface area contributed by atoms with E-state index in [0.29, 0.717) is 25.3 Å². The number of nitrogens with one attached hydrogen (secondary N) is 1. The van der Waals surface area contributed by atoms with Crippen LogP contribution >= 0.6 is 11.6 Å². The summed E-state index contributed by atoms with van der Waals surface area (Å²) in [6.07, 6.45) is 1.94. The van der Waals surface area contributed by atoms with Gasteiger partial charge in [0.15, 0.2) is 0 Å². The number of halogens is 1. The van der Waals surface area contributed by atoms with Crippen molar-refractivity contribution in [3.05, 3.63) is 0 Å². The molecule has 0 aromatic carbocycles. The highest BCUT2D eigenvalue weighted by atomic mass is 35.5. The summed E-state index contributed by atoms with van der Waals surface area (Å²) in [5.74, 6) is 6.96. The van der Waals surface area contributed by atoms with Crippen molar-refractivity contribution in [3.8, 4) is 6.07 Å². The Hall–Kier alpha value is -1.32. The first-order chi connectivity index (χ1) is 7.69. The van der Waals surface area contributed by atoms with Gasteiger partial charge in [-0.1, -0.05) is 18.5 Å². The Kier molecular flexibility index (Phi) is 5.02. The fourth-order valence-electron chi connectivity index (χ4n) is 1.16. The molecule has 7 heteroatoms. The molecule has 0 amide bonds. The number of hydrogen-bond acceptors (Lipinski definition) is 4. The van der Waals surface area contributed by atoms with Crippen LogP contribution in [0.5, 0.6) is 0 Å². The summed E-state index contributed by atoms with van der Waals surface area (Å²) >= 11 is 5.92. The predicted octanol–water partition coefficient (Wildman–Crippen LogP) is 0.756. The highest BCUT2D eigenvalue weighted by Crippen LogP contribution is 2.08. The maximum atomic E-state index is 8.39. The van der Waals surface area contributed by atoms with Crippen molar-refractivity contribution in [1.82, 2.24) is 10.3 Å². The Morgan fingerprint density at radius 2 is 2.50 bits per heavy atom. The van der Waals surface area contributed by atoms with Crippen molar-refractivity contribution >= 4 is 23.4 Å². The van der Waals surface area contributed by atoms with Gasteiger partial charge in [-0.25, -0.2) is 15.8 Å². The Morgan fingerprint density at radius 1 is 1.75 bits per heavy atom. The summed E-state index contributed by atoms with van der Waals surface area (Å²) in [4.78, 5) is 8.36. The Balaban J connectivity index is 2.60. The molecule has 3 N–H and O–H groups in total. The monoisotopic (exact) mass is 242 g/mol. The minimum atomic E-state index is -0.620. The van der Waals surface area contributed by atoms with Gasteiger partial charge in [0.2, 0.25) is 11.6 Å². The molecule has 0 fully saturated rings. The third kappa shape index (κ3) is 3.36. The third-order valence-electron chi connectivity index (χ3n) is 2.04. The van der Waals surface area contributed by atoms with E-state index < -0.39 is 5.62 Å². The minimum absolute atomic E-state index is 0.486. The Morgan fingerprint density at radius 3 is 3.12 bits per heavy atom. The van der Waals surface area contributed by atoms with E-state index in [1.165, 1.54) is 5.01 Å². The molecule has 1 heterocycles. The number of hydrazine groups is 1. The van der Waals surface area contributed by atoms with Crippen molar-refractivity contribution in [1.29, 1.82) is 5.26 Å². The predicted molar refractivity (Wildman–Crippen MR) is 63.7 cm³/mol. The van der Waals surface area contributed by atoms with Crippen LogP contribution in [-0.4, -0.2) is 29.0 Å². The zero-order valence-electron chi connectivity index (χ0n) is 9.15. The van der Waals surface area contributed by atoms with E-state index >= 15 is 0 Å². The molecule has 88 valence electrons. The van der Waals surface area contributed by atoms with Crippen molar-refractivity contribution < 1.29 is 0 Å². The maximum absolute atomic E-state index is 8.39. The van der Waals surface area contributed by atoms with Gasteiger partial charge >= 0.3 is 0 Å². The summed E-state index contributed by atoms with van der Waals surface area (Å²) in [5, 5.41) is 12.7. The lowest BCUT2D eigenvalue weighted by Gasteiger charge is -2.29. The minimum Gasteiger partial charge on any atom is -0.313 e. The van der Waals surface area contributed by atoms with Gasteiger partial charge in [-0.2, -0.15) is 5.26 Å². The van der Waals surface area contributed by atoms with Crippen LogP contribution < -0.4 is 11.2 Å². The van der Waals surface area contributed by atoms with Crippen molar-refractivity contribution in [2.75, 3.05) is 6.54 Å². The molecule has 0 spiro atoms. The quantitative estimate of drug-likeness (QED) is 0.330. The number of rotatable bonds is 4. The molecule has 1 unspecified atom stereocenters. The van der Waals surface area contributed by atoms with E-state index in [-0.39, 0.29) is 0 Å². The number of aliphatic imine (C=N–C) groups is 2. The van der Waals surface area contributed by atoms with E-state index in [0.717, 1.165) is 12.3 Å². The average molecular weight is 243 g/mol. The van der Waals surface area contributed by atoms with Gasteiger partial charge in [0.05, 0.1) is 6.07 Å². The average Bonchev–Trinajstić information content (AvgIpc) is 2.29. The van der Waals surface area contributed by atoms with Crippen LogP contribution in [0.25, 0.3) is 0 Å². The number of hydrogen-bond donors (Lipinski definition) is 2. The Bertz CT molecular complexity index is 331. The number of nitrogens with zero attached hydrogens (tertiary/aromatic N) is 4. The van der Waals surface area contributed by atoms with Gasteiger partial charge in [0.25, 0.3) is 0 Å². The molecule has 16 heavy (non-hydrogen) atoms. The normalized spacial score (nSPS) is 22.6. The van der Waals surface area contributed by atoms with Crippen molar-refractivity contribution in [2.45, 2.75) is 31.8 Å². The van der Waals surface area contributed by atoms with E-state index in [1.54, 1.807) is 0 Å². The van der Waals surface area contributed by atoms with Gasteiger partial charge in [-0.15, -0.1) is 0 Å². The lowest BCUT2D eigenvalue weighted by atomic mass is 10.3. The molecule has 1 aliphatic rings. The topological polar surface area (TPSA) is 89.8 Å². The molecular weight excluding hydrogens is 228 g/mol. The van der Waals surface area contributed by atoms with Gasteiger partial charge in [0.1, 0.15) is 5.84 Å². The van der Waals surface area contributed by atoms with Crippen molar-refractivity contribution in [2.24, 2.45) is 15.8 Å². The molecule has 0 aromatic heterocycles. The largest absolute Gasteiger partial charge is 0.313 e. The van der Waals surface area contributed by atoms with Gasteiger partial charge < -0.3 is 5.32 Å². The van der Waals surface area contributed by atoms with E-state index in [9.17, 15) is 0 Å². The fraction of sp³-hybridized carbons (Fsp3) is 0.667. The van der Waals surface area contributed by atoms with Crippen LogP contribution in [0.3, 0.4) is 0 Å². The second-order valence-electron chi connectivity index (χ2n) is 3.24. The molecule has 0 aliphatic carbocycles. The molecule has 0 saturated heterocycles. The van der Waals surface area contributed by atoms with E-state index in [2.05, 4.69) is 21.4 Å². The zero-order chi connectivity index (χ0) is 12.0. The zero-order valence-corrected chi connectivity index (χ0v) is 9.91. The van der Waals surface area contributed by atoms with Gasteiger partial charge in [-0.05, 0) is 6.42 Å². The lowest BCUT2D eigenvalue weighted by Crippen LogP contribution is -2.55. The summed E-state index contributed by atoms with van der Waals surface area (Å²) in [6.45, 7) is 2.51. The van der Waals surface area contributed by atoms with Crippen LogP contribution in [-0.2, 0) is 0 Å². The smallest absolute Gasteiger partial charge is 0.216 e.